The third kappa shape index (κ3) is 11.1. The quantitative estimate of drug-likeness (QED) is 0.265. The first-order chi connectivity index (χ1) is 10.4. The lowest BCUT2D eigenvalue weighted by molar-refractivity contribution is 0.284. The van der Waals surface area contributed by atoms with Crippen molar-refractivity contribution in [2.45, 2.75) is 93.7 Å². The zero-order valence-electron chi connectivity index (χ0n) is 18.4. The molecule has 0 aliphatic carbocycles. The zero-order chi connectivity index (χ0) is 19.4. The first-order valence-corrected chi connectivity index (χ1v) is 16.0. The minimum atomic E-state index is -1.58. The number of rotatable bonds is 7. The Labute approximate surface area is 154 Å². The van der Waals surface area contributed by atoms with Gasteiger partial charge in [-0.2, -0.15) is 0 Å². The van der Waals surface area contributed by atoms with E-state index in [4.69, 9.17) is 8.85 Å². The molecule has 0 heterocycles. The summed E-state index contributed by atoms with van der Waals surface area (Å²) in [6, 6.07) is 0. The van der Waals surface area contributed by atoms with Crippen LogP contribution in [0.5, 0.6) is 0 Å². The van der Waals surface area contributed by atoms with E-state index in [2.05, 4.69) is 93.0 Å². The van der Waals surface area contributed by atoms with Crippen LogP contribution in [0.3, 0.4) is 0 Å². The van der Waals surface area contributed by atoms with Crippen molar-refractivity contribution in [3.05, 3.63) is 23.7 Å². The molecule has 0 aliphatic rings. The van der Waals surface area contributed by atoms with Gasteiger partial charge in [-0.15, -0.1) is 0 Å². The Bertz CT molecular complexity index is 406. The molecule has 0 fully saturated rings. The number of unbranched alkanes of at least 4 members (excludes halogenated alkanes) is 1. The molecule has 0 amide bonds. The van der Waals surface area contributed by atoms with Gasteiger partial charge in [-0.3, -0.25) is 0 Å². The smallest absolute Gasteiger partial charge is 0.241 e. The first-order valence-electron chi connectivity index (χ1n) is 9.21. The summed E-state index contributed by atoms with van der Waals surface area (Å²) in [5.74, 6) is 2.27. The third-order valence-electron chi connectivity index (χ3n) is 3.14. The summed E-state index contributed by atoms with van der Waals surface area (Å²) < 4.78 is 12.6. The van der Waals surface area contributed by atoms with E-state index >= 15 is 0 Å². The molecule has 0 aromatic heterocycles. The van der Waals surface area contributed by atoms with Crippen LogP contribution in [0.2, 0.25) is 39.3 Å². The van der Waals surface area contributed by atoms with Crippen LogP contribution < -0.4 is 0 Å². The predicted molar refractivity (Wildman–Crippen MR) is 113 cm³/mol. The Morgan fingerprint density at radius 3 is 1.04 bits per heavy atom. The van der Waals surface area contributed by atoms with Crippen molar-refractivity contribution >= 4 is 16.6 Å². The molecule has 0 rings (SSSR count). The molecule has 0 aliphatic heterocycles. The summed E-state index contributed by atoms with van der Waals surface area (Å²) >= 11 is 0. The molecule has 0 aromatic carbocycles. The summed E-state index contributed by atoms with van der Waals surface area (Å²) in [6.45, 7) is 26.8. The first kappa shape index (κ1) is 23.5. The fourth-order valence-electron chi connectivity index (χ4n) is 2.09. The van der Waals surface area contributed by atoms with Gasteiger partial charge in [0, 0.05) is 10.8 Å². The van der Waals surface area contributed by atoms with Gasteiger partial charge in [0.05, 0.1) is 11.5 Å². The minimum absolute atomic E-state index is 0.0612. The Morgan fingerprint density at radius 1 is 0.625 bits per heavy atom. The summed E-state index contributed by atoms with van der Waals surface area (Å²) in [5.41, 5.74) is 0.122. The van der Waals surface area contributed by atoms with Gasteiger partial charge in [-0.05, 0) is 64.3 Å². The molecule has 24 heavy (non-hydrogen) atoms. The Balaban J connectivity index is 5.11. The number of allylic oxidation sites excluding steroid dienone is 4. The molecular formula is C20H42O2Si2. The molecular weight excluding hydrogens is 328 g/mol. The van der Waals surface area contributed by atoms with Crippen molar-refractivity contribution in [2.24, 2.45) is 10.8 Å². The lowest BCUT2D eigenvalue weighted by Crippen LogP contribution is -2.29. The molecule has 4 heteroatoms. The maximum Gasteiger partial charge on any atom is 0.241 e. The van der Waals surface area contributed by atoms with E-state index in [0.717, 1.165) is 24.4 Å². The topological polar surface area (TPSA) is 18.5 Å². The molecule has 0 saturated heterocycles. The maximum absolute atomic E-state index is 6.31. The van der Waals surface area contributed by atoms with Gasteiger partial charge < -0.3 is 8.85 Å². The fraction of sp³-hybridized carbons (Fsp3) is 0.800. The third-order valence-corrected chi connectivity index (χ3v) is 4.80. The van der Waals surface area contributed by atoms with E-state index in [-0.39, 0.29) is 10.8 Å². The van der Waals surface area contributed by atoms with Gasteiger partial charge >= 0.3 is 0 Å². The van der Waals surface area contributed by atoms with E-state index < -0.39 is 16.6 Å². The van der Waals surface area contributed by atoms with E-state index in [9.17, 15) is 0 Å². The zero-order valence-corrected chi connectivity index (χ0v) is 20.4. The van der Waals surface area contributed by atoms with Gasteiger partial charge in [0.2, 0.25) is 16.6 Å². The Kier molecular flexibility index (Phi) is 8.09. The highest BCUT2D eigenvalue weighted by Gasteiger charge is 2.26. The number of hydrogen-bond acceptors (Lipinski definition) is 2. The van der Waals surface area contributed by atoms with E-state index in [1.54, 1.807) is 0 Å². The SMILES string of the molecule is CC(C)(C)/C(=C\CC/C=C(/O[Si](C)(C)C)C(C)(C)C)O[Si](C)(C)C. The molecule has 0 N–H and O–H groups in total. The molecule has 0 unspecified atom stereocenters. The fourth-order valence-corrected chi connectivity index (χ4v) is 4.19. The summed E-state index contributed by atoms with van der Waals surface area (Å²) in [6.07, 6.45) is 6.55. The maximum atomic E-state index is 6.31. The van der Waals surface area contributed by atoms with E-state index in [0.29, 0.717) is 0 Å². The molecule has 0 spiro atoms. The van der Waals surface area contributed by atoms with E-state index in [1.807, 2.05) is 0 Å². The van der Waals surface area contributed by atoms with Crippen molar-refractivity contribution in [3.63, 3.8) is 0 Å². The molecule has 0 radical (unpaired) electrons. The summed E-state index contributed by atoms with van der Waals surface area (Å²) in [4.78, 5) is 0. The van der Waals surface area contributed by atoms with Gasteiger partial charge in [0.25, 0.3) is 0 Å². The van der Waals surface area contributed by atoms with Crippen LogP contribution >= 0.6 is 0 Å². The van der Waals surface area contributed by atoms with Crippen LogP contribution in [0.25, 0.3) is 0 Å². The standard InChI is InChI=1S/C20H42O2Si2/c1-19(2,3)17(21-23(7,8)9)15-13-14-16-18(20(4,5)6)22-24(10,11)12/h15-16H,13-14H2,1-12H3/b17-15+,18-16+. The van der Waals surface area contributed by atoms with Crippen LogP contribution in [-0.2, 0) is 8.85 Å². The normalized spacial score (nSPS) is 15.5. The number of hydrogen-bond donors (Lipinski definition) is 0. The van der Waals surface area contributed by atoms with Gasteiger partial charge in [-0.1, -0.05) is 41.5 Å². The monoisotopic (exact) mass is 370 g/mol. The van der Waals surface area contributed by atoms with Crippen molar-refractivity contribution in [1.29, 1.82) is 0 Å². The molecule has 0 aromatic rings. The van der Waals surface area contributed by atoms with Crippen molar-refractivity contribution in [3.8, 4) is 0 Å². The van der Waals surface area contributed by atoms with Crippen molar-refractivity contribution in [1.82, 2.24) is 0 Å². The highest BCUT2D eigenvalue weighted by molar-refractivity contribution is 6.70. The lowest BCUT2D eigenvalue weighted by atomic mass is 9.92. The summed E-state index contributed by atoms with van der Waals surface area (Å²) in [5, 5.41) is 0. The average molecular weight is 371 g/mol. The highest BCUT2D eigenvalue weighted by atomic mass is 28.4. The van der Waals surface area contributed by atoms with Crippen LogP contribution in [0, 0.1) is 10.8 Å². The van der Waals surface area contributed by atoms with Crippen LogP contribution in [0.4, 0.5) is 0 Å². The Hall–Kier alpha value is -0.486. The Morgan fingerprint density at radius 2 is 0.875 bits per heavy atom. The average Bonchev–Trinajstić information content (AvgIpc) is 2.25. The molecule has 0 bridgehead atoms. The second-order valence-electron chi connectivity index (χ2n) is 10.6. The molecule has 142 valence electrons. The van der Waals surface area contributed by atoms with E-state index in [1.165, 1.54) is 0 Å². The van der Waals surface area contributed by atoms with Crippen molar-refractivity contribution < 1.29 is 8.85 Å². The molecule has 0 saturated carbocycles. The van der Waals surface area contributed by atoms with Crippen LogP contribution in [0.1, 0.15) is 54.4 Å². The van der Waals surface area contributed by atoms with Crippen molar-refractivity contribution in [2.75, 3.05) is 0 Å². The van der Waals surface area contributed by atoms with Crippen LogP contribution in [-0.4, -0.2) is 16.6 Å². The second kappa shape index (κ2) is 8.26. The lowest BCUT2D eigenvalue weighted by Gasteiger charge is -2.31. The van der Waals surface area contributed by atoms with Gasteiger partial charge in [-0.25, -0.2) is 0 Å². The minimum Gasteiger partial charge on any atom is -0.547 e. The van der Waals surface area contributed by atoms with Crippen LogP contribution in [0.15, 0.2) is 23.7 Å². The highest BCUT2D eigenvalue weighted by Crippen LogP contribution is 2.31. The molecule has 0 atom stereocenters. The van der Waals surface area contributed by atoms with Gasteiger partial charge in [0.15, 0.2) is 0 Å². The molecule has 2 nitrogen and oxygen atoms in total. The largest absolute Gasteiger partial charge is 0.547 e. The predicted octanol–water partition coefficient (Wildman–Crippen LogP) is 7.33. The second-order valence-corrected chi connectivity index (χ2v) is 19.5. The summed E-state index contributed by atoms with van der Waals surface area (Å²) in [7, 11) is -3.15. The van der Waals surface area contributed by atoms with Gasteiger partial charge in [0.1, 0.15) is 0 Å².